The molecule has 10 aromatic carbocycles. The standard InChI is InChI=1S/C77H64O3/c1-74(2,3)56-27-15-10-21-46(56)54-41-60-68(70-53-25-14-19-31-63(53)80-73(54)70)49-37-34-43(39-58(49)75(60,4)5)33-36-45(47-26-20-32-64-65(47)52-24-13-18-30-62(52)79-64)44-35-38-50-59(40-44)77(8,9)72-69(50)66-51-23-12-17-29-61(51)78-42-55(66)67-48-22-11-16-28-57(48)76(6,7)71(67)72/h10-32,34-35,37-41,45H,33,36,42H2,1-9H3. The first-order valence-electron chi connectivity index (χ1n) is 28.9. The van der Waals surface area contributed by atoms with Crippen molar-refractivity contribution < 1.29 is 13.6 Å². The van der Waals surface area contributed by atoms with Crippen LogP contribution in [0.5, 0.6) is 5.75 Å². The Morgan fingerprint density at radius 3 is 1.86 bits per heavy atom. The fraction of sp³-hybridized carbons (Fsp3) is 0.221. The monoisotopic (exact) mass is 1040 g/mol. The summed E-state index contributed by atoms with van der Waals surface area (Å²) in [6.07, 6.45) is 1.81. The second-order valence-electron chi connectivity index (χ2n) is 26.1. The zero-order chi connectivity index (χ0) is 54.4. The normalized spacial score (nSPS) is 16.0. The summed E-state index contributed by atoms with van der Waals surface area (Å²) in [5, 5.41) is 4.77. The van der Waals surface area contributed by atoms with Gasteiger partial charge in [0.1, 0.15) is 34.7 Å². The van der Waals surface area contributed by atoms with Crippen LogP contribution in [0.15, 0.2) is 191 Å². The van der Waals surface area contributed by atoms with E-state index in [-0.39, 0.29) is 27.6 Å². The van der Waals surface area contributed by atoms with Crippen molar-refractivity contribution in [1.29, 1.82) is 0 Å². The number of fused-ring (bicyclic) bond motifs is 22. The van der Waals surface area contributed by atoms with E-state index in [1.54, 1.807) is 0 Å². The van der Waals surface area contributed by atoms with Crippen LogP contribution in [0.1, 0.15) is 136 Å². The topological polar surface area (TPSA) is 35.5 Å². The summed E-state index contributed by atoms with van der Waals surface area (Å²) >= 11 is 0. The lowest BCUT2D eigenvalue weighted by molar-refractivity contribution is 0.303. The van der Waals surface area contributed by atoms with E-state index < -0.39 is 0 Å². The number of hydrogen-bond acceptors (Lipinski definition) is 3. The third-order valence-corrected chi connectivity index (χ3v) is 19.5. The van der Waals surface area contributed by atoms with Crippen LogP contribution in [0.4, 0.5) is 0 Å². The van der Waals surface area contributed by atoms with Crippen molar-refractivity contribution >= 4 is 43.9 Å². The van der Waals surface area contributed by atoms with Gasteiger partial charge in [0.2, 0.25) is 0 Å². The van der Waals surface area contributed by atoms with Crippen molar-refractivity contribution in [3.05, 3.63) is 243 Å². The Balaban J connectivity index is 0.854. The Morgan fingerprint density at radius 2 is 1.06 bits per heavy atom. The molecule has 4 aliphatic rings. The maximum absolute atomic E-state index is 6.97. The molecule has 12 aromatic rings. The van der Waals surface area contributed by atoms with Crippen molar-refractivity contribution in [1.82, 2.24) is 0 Å². The quantitative estimate of drug-likeness (QED) is 0.166. The lowest BCUT2D eigenvalue weighted by Crippen LogP contribution is -2.25. The number of furan rings is 2. The molecular weight excluding hydrogens is 973 g/mol. The molecule has 2 aromatic heterocycles. The van der Waals surface area contributed by atoms with Crippen LogP contribution in [0, 0.1) is 0 Å². The summed E-state index contributed by atoms with van der Waals surface area (Å²) in [4.78, 5) is 0. The average molecular weight is 1040 g/mol. The molecule has 0 radical (unpaired) electrons. The molecule has 0 spiro atoms. The lowest BCUT2D eigenvalue weighted by Gasteiger charge is -2.34. The molecule has 0 saturated carbocycles. The summed E-state index contributed by atoms with van der Waals surface area (Å²) in [6.45, 7) is 22.2. The van der Waals surface area contributed by atoms with E-state index in [1.807, 2.05) is 0 Å². The van der Waals surface area contributed by atoms with Crippen LogP contribution < -0.4 is 4.74 Å². The van der Waals surface area contributed by atoms with Gasteiger partial charge in [-0.05, 0) is 143 Å². The minimum absolute atomic E-state index is 0.0525. The second kappa shape index (κ2) is 16.4. The zero-order valence-corrected chi connectivity index (χ0v) is 47.2. The first-order valence-corrected chi connectivity index (χ1v) is 28.9. The van der Waals surface area contributed by atoms with Crippen LogP contribution in [0.25, 0.3) is 99.5 Å². The van der Waals surface area contributed by atoms with Gasteiger partial charge < -0.3 is 13.6 Å². The van der Waals surface area contributed by atoms with Crippen molar-refractivity contribution in [2.45, 2.75) is 109 Å². The largest absolute Gasteiger partial charge is 0.488 e. The molecule has 0 amide bonds. The molecule has 80 heavy (non-hydrogen) atoms. The van der Waals surface area contributed by atoms with Gasteiger partial charge >= 0.3 is 0 Å². The van der Waals surface area contributed by atoms with Gasteiger partial charge in [-0.3, -0.25) is 0 Å². The fourth-order valence-electron chi connectivity index (χ4n) is 15.8. The van der Waals surface area contributed by atoms with E-state index in [2.05, 4.69) is 244 Å². The van der Waals surface area contributed by atoms with E-state index in [1.165, 1.54) is 138 Å². The minimum Gasteiger partial charge on any atom is -0.488 e. The highest BCUT2D eigenvalue weighted by Crippen LogP contribution is 2.65. The van der Waals surface area contributed by atoms with Gasteiger partial charge in [-0.2, -0.15) is 0 Å². The smallest absolute Gasteiger partial charge is 0.143 e. The van der Waals surface area contributed by atoms with Crippen LogP contribution >= 0.6 is 0 Å². The molecule has 3 heteroatoms. The summed E-state index contributed by atoms with van der Waals surface area (Å²) in [5.41, 5.74) is 31.0. The molecule has 0 bridgehead atoms. The van der Waals surface area contributed by atoms with E-state index >= 15 is 0 Å². The van der Waals surface area contributed by atoms with E-state index in [9.17, 15) is 0 Å². The Kier molecular flexibility index (Phi) is 9.73. The SMILES string of the molecule is CC(C)(C)c1ccccc1-c1cc2c(c3c1oc1ccccc13)-c1ccc(CCC(c3ccc4c(c3)C(C)(C)c3c-4c4c(c5c3C(C)(C)c3ccccc3-5)COc3ccccc3-4)c3cccc4oc5ccccc5c34)cc1C2(C)C. The second-order valence-corrected chi connectivity index (χ2v) is 26.1. The highest BCUT2D eigenvalue weighted by Gasteiger charge is 2.50. The Labute approximate surface area is 468 Å². The number of hydrogen-bond donors (Lipinski definition) is 0. The summed E-state index contributed by atoms with van der Waals surface area (Å²) in [6, 6.07) is 68.1. The molecule has 3 heterocycles. The van der Waals surface area contributed by atoms with E-state index in [4.69, 9.17) is 13.6 Å². The molecule has 16 rings (SSSR count). The minimum atomic E-state index is -0.299. The molecule has 1 unspecified atom stereocenters. The third kappa shape index (κ3) is 6.38. The Morgan fingerprint density at radius 1 is 0.450 bits per heavy atom. The molecular formula is C77H64O3. The number of aryl methyl sites for hydroxylation is 1. The number of ether oxygens (including phenoxy) is 1. The highest BCUT2D eigenvalue weighted by molar-refractivity contribution is 6.19. The van der Waals surface area contributed by atoms with Crippen LogP contribution in [0.2, 0.25) is 0 Å². The maximum Gasteiger partial charge on any atom is 0.143 e. The van der Waals surface area contributed by atoms with Crippen molar-refractivity contribution in [2.24, 2.45) is 0 Å². The molecule has 390 valence electrons. The van der Waals surface area contributed by atoms with Crippen LogP contribution in [0.3, 0.4) is 0 Å². The van der Waals surface area contributed by atoms with Crippen LogP contribution in [-0.4, -0.2) is 0 Å². The number of benzene rings is 10. The van der Waals surface area contributed by atoms with Gasteiger partial charge in [-0.15, -0.1) is 0 Å². The fourth-order valence-corrected chi connectivity index (χ4v) is 15.8. The molecule has 0 saturated heterocycles. The third-order valence-electron chi connectivity index (χ3n) is 19.5. The predicted octanol–water partition coefficient (Wildman–Crippen LogP) is 20.7. The lowest BCUT2D eigenvalue weighted by atomic mass is 9.70. The molecule has 3 aliphatic carbocycles. The molecule has 1 aliphatic heterocycles. The van der Waals surface area contributed by atoms with E-state index in [0.29, 0.717) is 6.61 Å². The average Bonchev–Trinajstić information content (AvgIpc) is 2.34. The van der Waals surface area contributed by atoms with Gasteiger partial charge in [-0.1, -0.05) is 214 Å². The molecule has 1 atom stereocenters. The van der Waals surface area contributed by atoms with Crippen molar-refractivity contribution in [2.75, 3.05) is 0 Å². The van der Waals surface area contributed by atoms with Gasteiger partial charge in [0, 0.05) is 66.0 Å². The summed E-state index contributed by atoms with van der Waals surface area (Å²) < 4.78 is 20.3. The van der Waals surface area contributed by atoms with Gasteiger partial charge in [0.15, 0.2) is 0 Å². The molecule has 3 nitrogen and oxygen atoms in total. The Bertz CT molecular complexity index is 4670. The van der Waals surface area contributed by atoms with Crippen LogP contribution in [-0.2, 0) is 34.7 Å². The summed E-state index contributed by atoms with van der Waals surface area (Å²) in [7, 11) is 0. The molecule has 0 N–H and O–H groups in total. The van der Waals surface area contributed by atoms with Crippen molar-refractivity contribution in [3.63, 3.8) is 0 Å². The predicted molar refractivity (Wildman–Crippen MR) is 331 cm³/mol. The first-order chi connectivity index (χ1) is 38.6. The van der Waals surface area contributed by atoms with Gasteiger partial charge in [0.05, 0.1) is 0 Å². The van der Waals surface area contributed by atoms with E-state index in [0.717, 1.165) is 40.9 Å². The van der Waals surface area contributed by atoms with Gasteiger partial charge in [-0.25, -0.2) is 0 Å². The summed E-state index contributed by atoms with van der Waals surface area (Å²) in [5.74, 6) is 1.03. The van der Waals surface area contributed by atoms with Gasteiger partial charge in [0.25, 0.3) is 0 Å². The number of para-hydroxylation sites is 3. The first kappa shape index (κ1) is 47.6. The Hall–Kier alpha value is -8.40. The highest BCUT2D eigenvalue weighted by atomic mass is 16.5. The maximum atomic E-state index is 6.97. The number of rotatable bonds is 6. The van der Waals surface area contributed by atoms with Crippen molar-refractivity contribution in [3.8, 4) is 61.4 Å². The zero-order valence-electron chi connectivity index (χ0n) is 47.2. The molecule has 0 fully saturated rings.